The SMILES string of the molecule is C=CC[C@@H](CCCCCCCCCCCC(C)C)OCc1ccccc1. The van der Waals surface area contributed by atoms with Crippen molar-refractivity contribution in [3.8, 4) is 0 Å². The smallest absolute Gasteiger partial charge is 0.0720 e. The molecule has 1 nitrogen and oxygen atoms in total. The highest BCUT2D eigenvalue weighted by molar-refractivity contribution is 5.13. The van der Waals surface area contributed by atoms with E-state index in [1.165, 1.54) is 69.8 Å². The van der Waals surface area contributed by atoms with Crippen LogP contribution < -0.4 is 0 Å². The maximum atomic E-state index is 6.10. The molecule has 26 heavy (non-hydrogen) atoms. The largest absolute Gasteiger partial charge is 0.373 e. The summed E-state index contributed by atoms with van der Waals surface area (Å²) >= 11 is 0. The van der Waals surface area contributed by atoms with Crippen molar-refractivity contribution in [2.45, 2.75) is 104 Å². The Kier molecular flexibility index (Phi) is 14.2. The van der Waals surface area contributed by atoms with Gasteiger partial charge in [-0.1, -0.05) is 114 Å². The summed E-state index contributed by atoms with van der Waals surface area (Å²) in [6, 6.07) is 10.5. The first-order valence-electron chi connectivity index (χ1n) is 11.0. The third-order valence-corrected chi connectivity index (χ3v) is 5.07. The van der Waals surface area contributed by atoms with Crippen molar-refractivity contribution in [3.63, 3.8) is 0 Å². The van der Waals surface area contributed by atoms with Gasteiger partial charge in [0.2, 0.25) is 0 Å². The highest BCUT2D eigenvalue weighted by Gasteiger charge is 2.07. The first-order valence-corrected chi connectivity index (χ1v) is 11.0. The first-order chi connectivity index (χ1) is 12.7. The monoisotopic (exact) mass is 358 g/mol. The molecular formula is C25H42O. The second-order valence-corrected chi connectivity index (χ2v) is 8.10. The summed E-state index contributed by atoms with van der Waals surface area (Å²) in [7, 11) is 0. The molecule has 0 spiro atoms. The molecular weight excluding hydrogens is 316 g/mol. The quantitative estimate of drug-likeness (QED) is 0.202. The fourth-order valence-electron chi connectivity index (χ4n) is 3.41. The van der Waals surface area contributed by atoms with Crippen LogP contribution in [0.4, 0.5) is 0 Å². The standard InChI is InChI=1S/C25H42O/c1-4-17-25(26-22-24-19-14-12-15-20-24)21-16-11-9-7-5-6-8-10-13-18-23(2)3/h4,12,14-15,19-20,23,25H,1,5-11,13,16-18,21-22H2,2-3H3/t25-/m0/s1. The number of hydrogen-bond donors (Lipinski definition) is 0. The van der Waals surface area contributed by atoms with Crippen LogP contribution in [0, 0.1) is 5.92 Å². The second kappa shape index (κ2) is 16.1. The van der Waals surface area contributed by atoms with Crippen LogP contribution in [-0.2, 0) is 11.3 Å². The summed E-state index contributed by atoms with van der Waals surface area (Å²) in [5.41, 5.74) is 1.26. The van der Waals surface area contributed by atoms with Gasteiger partial charge in [-0.15, -0.1) is 6.58 Å². The van der Waals surface area contributed by atoms with E-state index in [1.54, 1.807) is 0 Å². The predicted octanol–water partition coefficient (Wildman–Crippen LogP) is 8.10. The van der Waals surface area contributed by atoms with Gasteiger partial charge >= 0.3 is 0 Å². The van der Waals surface area contributed by atoms with Crippen LogP contribution in [0.15, 0.2) is 43.0 Å². The summed E-state index contributed by atoms with van der Waals surface area (Å²) in [6.07, 6.45) is 18.4. The molecule has 0 aromatic heterocycles. The molecule has 0 N–H and O–H groups in total. The van der Waals surface area contributed by atoms with Crippen molar-refractivity contribution >= 4 is 0 Å². The zero-order chi connectivity index (χ0) is 18.9. The number of benzene rings is 1. The van der Waals surface area contributed by atoms with Gasteiger partial charge in [-0.25, -0.2) is 0 Å². The Labute approximate surface area is 163 Å². The van der Waals surface area contributed by atoms with Gasteiger partial charge in [-0.05, 0) is 24.3 Å². The summed E-state index contributed by atoms with van der Waals surface area (Å²) in [6.45, 7) is 9.25. The van der Waals surface area contributed by atoms with E-state index < -0.39 is 0 Å². The molecule has 1 atom stereocenters. The molecule has 148 valence electrons. The van der Waals surface area contributed by atoms with Gasteiger partial charge in [0.1, 0.15) is 0 Å². The zero-order valence-corrected chi connectivity index (χ0v) is 17.4. The Balaban J connectivity index is 1.97. The van der Waals surface area contributed by atoms with Gasteiger partial charge in [-0.2, -0.15) is 0 Å². The Bertz CT molecular complexity index is 423. The lowest BCUT2D eigenvalue weighted by Gasteiger charge is -2.16. The summed E-state index contributed by atoms with van der Waals surface area (Å²) in [5.74, 6) is 0.872. The number of hydrogen-bond acceptors (Lipinski definition) is 1. The highest BCUT2D eigenvalue weighted by atomic mass is 16.5. The molecule has 1 heteroatoms. The van der Waals surface area contributed by atoms with E-state index in [-0.39, 0.29) is 0 Å². The average Bonchev–Trinajstić information content (AvgIpc) is 2.64. The molecule has 0 unspecified atom stereocenters. The predicted molar refractivity (Wildman–Crippen MR) is 115 cm³/mol. The molecule has 0 aliphatic heterocycles. The van der Waals surface area contributed by atoms with E-state index in [4.69, 9.17) is 4.74 Å². The number of unbranched alkanes of at least 4 members (excludes halogenated alkanes) is 8. The van der Waals surface area contributed by atoms with E-state index in [2.05, 4.69) is 50.8 Å². The van der Waals surface area contributed by atoms with Crippen molar-refractivity contribution in [2.75, 3.05) is 0 Å². The number of rotatable bonds is 17. The van der Waals surface area contributed by atoms with E-state index in [0.717, 1.165) is 25.4 Å². The van der Waals surface area contributed by atoms with Crippen LogP contribution in [0.25, 0.3) is 0 Å². The first kappa shape index (κ1) is 23.0. The van der Waals surface area contributed by atoms with Crippen LogP contribution >= 0.6 is 0 Å². The van der Waals surface area contributed by atoms with Gasteiger partial charge in [0.05, 0.1) is 12.7 Å². The summed E-state index contributed by atoms with van der Waals surface area (Å²) in [5, 5.41) is 0. The van der Waals surface area contributed by atoms with Crippen LogP contribution in [0.1, 0.15) is 96.5 Å². The van der Waals surface area contributed by atoms with E-state index in [1.807, 2.05) is 6.08 Å². The molecule has 1 rings (SSSR count). The second-order valence-electron chi connectivity index (χ2n) is 8.10. The van der Waals surface area contributed by atoms with Crippen molar-refractivity contribution in [2.24, 2.45) is 5.92 Å². The summed E-state index contributed by atoms with van der Waals surface area (Å²) < 4.78 is 6.10. The minimum atomic E-state index is 0.327. The zero-order valence-electron chi connectivity index (χ0n) is 17.4. The van der Waals surface area contributed by atoms with Crippen LogP contribution in [0.2, 0.25) is 0 Å². The normalized spacial score (nSPS) is 12.4. The average molecular weight is 359 g/mol. The fourth-order valence-corrected chi connectivity index (χ4v) is 3.41. The van der Waals surface area contributed by atoms with E-state index >= 15 is 0 Å². The molecule has 0 saturated heterocycles. The summed E-state index contributed by atoms with van der Waals surface area (Å²) in [4.78, 5) is 0. The van der Waals surface area contributed by atoms with E-state index in [9.17, 15) is 0 Å². The van der Waals surface area contributed by atoms with Crippen LogP contribution in [0.5, 0.6) is 0 Å². The van der Waals surface area contributed by atoms with Gasteiger partial charge in [0.25, 0.3) is 0 Å². The Morgan fingerprint density at radius 3 is 1.88 bits per heavy atom. The van der Waals surface area contributed by atoms with Gasteiger partial charge in [0, 0.05) is 0 Å². The van der Waals surface area contributed by atoms with Crippen molar-refractivity contribution in [3.05, 3.63) is 48.6 Å². The highest BCUT2D eigenvalue weighted by Crippen LogP contribution is 2.16. The fraction of sp³-hybridized carbons (Fsp3) is 0.680. The van der Waals surface area contributed by atoms with Crippen LogP contribution in [-0.4, -0.2) is 6.10 Å². The van der Waals surface area contributed by atoms with Crippen molar-refractivity contribution in [1.82, 2.24) is 0 Å². The lowest BCUT2D eigenvalue weighted by atomic mass is 10.0. The molecule has 0 radical (unpaired) electrons. The van der Waals surface area contributed by atoms with Crippen LogP contribution in [0.3, 0.4) is 0 Å². The third kappa shape index (κ3) is 13.2. The maximum absolute atomic E-state index is 6.10. The lowest BCUT2D eigenvalue weighted by molar-refractivity contribution is 0.0354. The molecule has 0 saturated carbocycles. The molecule has 0 heterocycles. The number of ether oxygens (including phenoxy) is 1. The minimum Gasteiger partial charge on any atom is -0.373 e. The Morgan fingerprint density at radius 1 is 0.808 bits per heavy atom. The van der Waals surface area contributed by atoms with Crippen molar-refractivity contribution < 1.29 is 4.74 Å². The van der Waals surface area contributed by atoms with Gasteiger partial charge in [0.15, 0.2) is 0 Å². The Morgan fingerprint density at radius 2 is 1.35 bits per heavy atom. The third-order valence-electron chi connectivity index (χ3n) is 5.07. The van der Waals surface area contributed by atoms with E-state index in [0.29, 0.717) is 6.10 Å². The molecule has 0 bridgehead atoms. The van der Waals surface area contributed by atoms with Gasteiger partial charge in [-0.3, -0.25) is 0 Å². The molecule has 0 aliphatic carbocycles. The lowest BCUT2D eigenvalue weighted by Crippen LogP contribution is -2.12. The maximum Gasteiger partial charge on any atom is 0.0720 e. The molecule has 0 aliphatic rings. The van der Waals surface area contributed by atoms with Crippen molar-refractivity contribution in [1.29, 1.82) is 0 Å². The minimum absolute atomic E-state index is 0.327. The molecule has 1 aromatic carbocycles. The molecule has 0 amide bonds. The molecule has 0 fully saturated rings. The topological polar surface area (TPSA) is 9.23 Å². The van der Waals surface area contributed by atoms with Gasteiger partial charge < -0.3 is 4.74 Å². The molecule has 1 aromatic rings. The Hall–Kier alpha value is -1.08.